The van der Waals surface area contributed by atoms with Crippen LogP contribution in [0.4, 0.5) is 0 Å². The molecule has 1 amide bonds. The molecule has 0 aliphatic rings. The Morgan fingerprint density at radius 3 is 2.31 bits per heavy atom. The molecule has 7 nitrogen and oxygen atoms in total. The Morgan fingerprint density at radius 1 is 1.15 bits per heavy atom. The quantitative estimate of drug-likeness (QED) is 0.658. The molecule has 1 rings (SSSR count). The second-order valence-corrected chi connectivity index (χ2v) is 8.23. The molecule has 0 saturated carbocycles. The molecule has 26 heavy (non-hydrogen) atoms. The third kappa shape index (κ3) is 5.81. The summed E-state index contributed by atoms with van der Waals surface area (Å²) in [4.78, 5) is 24.0. The first-order valence-corrected chi connectivity index (χ1v) is 10.1. The van der Waals surface area contributed by atoms with Crippen LogP contribution in [-0.4, -0.2) is 50.3 Å². The zero-order valence-electron chi connectivity index (χ0n) is 16.0. The Labute approximate surface area is 155 Å². The summed E-state index contributed by atoms with van der Waals surface area (Å²) < 4.78 is 31.4. The SMILES string of the molecule is CCN(CC)S(=O)(=O)c1cccc(C(=O)OCC(=O)N[C@@H](C)C(C)C)c1. The number of nitrogens with one attached hydrogen (secondary N) is 1. The maximum Gasteiger partial charge on any atom is 0.338 e. The average Bonchev–Trinajstić information content (AvgIpc) is 2.60. The van der Waals surface area contributed by atoms with Crippen LogP contribution in [0.1, 0.15) is 45.0 Å². The molecule has 0 aliphatic carbocycles. The van der Waals surface area contributed by atoms with Crippen LogP contribution in [0.15, 0.2) is 29.2 Å². The number of hydrogen-bond donors (Lipinski definition) is 1. The Balaban J connectivity index is 2.82. The molecule has 0 heterocycles. The maximum absolute atomic E-state index is 12.5. The van der Waals surface area contributed by atoms with Gasteiger partial charge in [0.1, 0.15) is 0 Å². The van der Waals surface area contributed by atoms with Gasteiger partial charge in [0.05, 0.1) is 10.5 Å². The maximum atomic E-state index is 12.5. The molecule has 8 heteroatoms. The molecular weight excluding hydrogens is 356 g/mol. The van der Waals surface area contributed by atoms with Crippen molar-refractivity contribution in [3.05, 3.63) is 29.8 Å². The van der Waals surface area contributed by atoms with Gasteiger partial charge in [0.15, 0.2) is 6.61 Å². The van der Waals surface area contributed by atoms with E-state index in [1.165, 1.54) is 28.6 Å². The summed E-state index contributed by atoms with van der Waals surface area (Å²) in [5, 5.41) is 2.73. The minimum Gasteiger partial charge on any atom is -0.452 e. The van der Waals surface area contributed by atoms with Crippen molar-refractivity contribution in [3.63, 3.8) is 0 Å². The lowest BCUT2D eigenvalue weighted by atomic mass is 10.1. The van der Waals surface area contributed by atoms with E-state index in [4.69, 9.17) is 4.74 Å². The summed E-state index contributed by atoms with van der Waals surface area (Å²) in [6.45, 7) is 9.56. The Hall–Kier alpha value is -1.93. The lowest BCUT2D eigenvalue weighted by molar-refractivity contribution is -0.125. The lowest BCUT2D eigenvalue weighted by Crippen LogP contribution is -2.38. The zero-order valence-corrected chi connectivity index (χ0v) is 16.8. The number of hydrogen-bond acceptors (Lipinski definition) is 5. The normalized spacial score (nSPS) is 12.9. The highest BCUT2D eigenvalue weighted by Gasteiger charge is 2.23. The minimum atomic E-state index is -3.67. The van der Waals surface area contributed by atoms with Crippen LogP contribution in [0.3, 0.4) is 0 Å². The van der Waals surface area contributed by atoms with Crippen molar-refractivity contribution < 1.29 is 22.7 Å². The molecule has 0 saturated heterocycles. The molecule has 1 atom stereocenters. The van der Waals surface area contributed by atoms with Gasteiger partial charge in [-0.2, -0.15) is 4.31 Å². The van der Waals surface area contributed by atoms with Crippen molar-refractivity contribution in [1.29, 1.82) is 0 Å². The van der Waals surface area contributed by atoms with Gasteiger partial charge in [-0.25, -0.2) is 13.2 Å². The highest BCUT2D eigenvalue weighted by Crippen LogP contribution is 2.17. The van der Waals surface area contributed by atoms with E-state index in [2.05, 4.69) is 5.32 Å². The fourth-order valence-corrected chi connectivity index (χ4v) is 3.68. The van der Waals surface area contributed by atoms with Gasteiger partial charge in [0, 0.05) is 19.1 Å². The zero-order chi connectivity index (χ0) is 19.9. The summed E-state index contributed by atoms with van der Waals surface area (Å²) >= 11 is 0. The smallest absolute Gasteiger partial charge is 0.338 e. The summed E-state index contributed by atoms with van der Waals surface area (Å²) in [5.41, 5.74) is 0.0861. The van der Waals surface area contributed by atoms with Crippen molar-refractivity contribution in [3.8, 4) is 0 Å². The third-order valence-electron chi connectivity index (χ3n) is 4.14. The minimum absolute atomic E-state index is 0.0218. The number of carbonyl (C=O) groups excluding carboxylic acids is 2. The largest absolute Gasteiger partial charge is 0.452 e. The highest BCUT2D eigenvalue weighted by atomic mass is 32.2. The number of sulfonamides is 1. The number of ether oxygens (including phenoxy) is 1. The highest BCUT2D eigenvalue weighted by molar-refractivity contribution is 7.89. The van der Waals surface area contributed by atoms with E-state index in [1.807, 2.05) is 20.8 Å². The number of amides is 1. The van der Waals surface area contributed by atoms with E-state index >= 15 is 0 Å². The van der Waals surface area contributed by atoms with E-state index in [0.29, 0.717) is 13.1 Å². The molecule has 1 aromatic rings. The van der Waals surface area contributed by atoms with Gasteiger partial charge in [0.25, 0.3) is 5.91 Å². The van der Waals surface area contributed by atoms with Crippen LogP contribution >= 0.6 is 0 Å². The molecular formula is C18H28N2O5S. The van der Waals surface area contributed by atoms with Crippen molar-refractivity contribution in [2.24, 2.45) is 5.92 Å². The standard InChI is InChI=1S/C18H28N2O5S/c1-6-20(7-2)26(23,24)16-10-8-9-15(11-16)18(22)25-12-17(21)19-14(5)13(3)4/h8-11,13-14H,6-7,12H2,1-5H3,(H,19,21)/t14-/m0/s1. The van der Waals surface area contributed by atoms with Crippen LogP contribution in [0, 0.1) is 5.92 Å². The summed E-state index contributed by atoms with van der Waals surface area (Å²) in [7, 11) is -3.67. The topological polar surface area (TPSA) is 92.8 Å². The fourth-order valence-electron chi connectivity index (χ4n) is 2.17. The first-order chi connectivity index (χ1) is 12.1. The molecule has 146 valence electrons. The molecule has 1 aromatic carbocycles. The van der Waals surface area contributed by atoms with Crippen molar-refractivity contribution in [2.75, 3.05) is 19.7 Å². The monoisotopic (exact) mass is 384 g/mol. The summed E-state index contributed by atoms with van der Waals surface area (Å²) in [6, 6.07) is 5.60. The van der Waals surface area contributed by atoms with Gasteiger partial charge in [-0.05, 0) is 31.0 Å². The molecule has 0 bridgehead atoms. The van der Waals surface area contributed by atoms with E-state index < -0.39 is 28.5 Å². The van der Waals surface area contributed by atoms with Gasteiger partial charge in [-0.3, -0.25) is 4.79 Å². The second-order valence-electron chi connectivity index (χ2n) is 6.29. The number of carbonyl (C=O) groups is 2. The first-order valence-electron chi connectivity index (χ1n) is 8.70. The molecule has 0 spiro atoms. The van der Waals surface area contributed by atoms with Crippen LogP contribution in [0.5, 0.6) is 0 Å². The van der Waals surface area contributed by atoms with Crippen LogP contribution in [-0.2, 0) is 19.6 Å². The number of rotatable bonds is 9. The second kappa shape index (κ2) is 9.68. The van der Waals surface area contributed by atoms with Gasteiger partial charge in [-0.15, -0.1) is 0 Å². The predicted molar refractivity (Wildman–Crippen MR) is 99.3 cm³/mol. The van der Waals surface area contributed by atoms with E-state index in [9.17, 15) is 18.0 Å². The van der Waals surface area contributed by atoms with Crippen LogP contribution in [0.25, 0.3) is 0 Å². The summed E-state index contributed by atoms with van der Waals surface area (Å²) in [5.74, 6) is -0.878. The van der Waals surface area contributed by atoms with E-state index in [0.717, 1.165) is 0 Å². The number of nitrogens with zero attached hydrogens (tertiary/aromatic N) is 1. The molecule has 0 aliphatic heterocycles. The van der Waals surface area contributed by atoms with Crippen molar-refractivity contribution in [2.45, 2.75) is 45.6 Å². The average molecular weight is 384 g/mol. The number of benzene rings is 1. The molecule has 0 radical (unpaired) electrons. The van der Waals surface area contributed by atoms with E-state index in [1.54, 1.807) is 13.8 Å². The Kier molecular flexibility index (Phi) is 8.23. The lowest BCUT2D eigenvalue weighted by Gasteiger charge is -2.19. The first kappa shape index (κ1) is 22.1. The molecule has 0 unspecified atom stereocenters. The van der Waals surface area contributed by atoms with E-state index in [-0.39, 0.29) is 22.4 Å². The summed E-state index contributed by atoms with van der Waals surface area (Å²) in [6.07, 6.45) is 0. The van der Waals surface area contributed by atoms with Crippen LogP contribution in [0.2, 0.25) is 0 Å². The third-order valence-corrected chi connectivity index (χ3v) is 6.18. The molecule has 0 fully saturated rings. The van der Waals surface area contributed by atoms with Crippen molar-refractivity contribution >= 4 is 21.9 Å². The van der Waals surface area contributed by atoms with Gasteiger partial charge < -0.3 is 10.1 Å². The van der Waals surface area contributed by atoms with Gasteiger partial charge in [-0.1, -0.05) is 33.8 Å². The molecule has 1 N–H and O–H groups in total. The molecule has 0 aromatic heterocycles. The van der Waals surface area contributed by atoms with Gasteiger partial charge in [0.2, 0.25) is 10.0 Å². The van der Waals surface area contributed by atoms with Crippen LogP contribution < -0.4 is 5.32 Å². The van der Waals surface area contributed by atoms with Crippen molar-refractivity contribution in [1.82, 2.24) is 9.62 Å². The fraction of sp³-hybridized carbons (Fsp3) is 0.556. The van der Waals surface area contributed by atoms with Gasteiger partial charge >= 0.3 is 5.97 Å². The Bertz CT molecular complexity index is 727. The predicted octanol–water partition coefficient (Wildman–Crippen LogP) is 2.03. The number of esters is 1. The Morgan fingerprint density at radius 2 is 1.77 bits per heavy atom.